The van der Waals surface area contributed by atoms with Crippen LogP contribution < -0.4 is 4.72 Å². The molecule has 10 heteroatoms. The van der Waals surface area contributed by atoms with E-state index in [1.165, 1.54) is 41.7 Å². The predicted molar refractivity (Wildman–Crippen MR) is 116 cm³/mol. The first-order chi connectivity index (χ1) is 14.0. The Morgan fingerprint density at radius 3 is 2.79 bits per heavy atom. The molecule has 0 aliphatic carbocycles. The van der Waals surface area contributed by atoms with E-state index in [-0.39, 0.29) is 10.2 Å². The summed E-state index contributed by atoms with van der Waals surface area (Å²) >= 11 is 7.43. The van der Waals surface area contributed by atoms with Gasteiger partial charge in [0, 0.05) is 47.5 Å². The minimum absolute atomic E-state index is 0.0292. The van der Waals surface area contributed by atoms with E-state index in [1.807, 2.05) is 18.2 Å². The van der Waals surface area contributed by atoms with Crippen molar-refractivity contribution in [2.75, 3.05) is 24.4 Å². The summed E-state index contributed by atoms with van der Waals surface area (Å²) < 4.78 is 32.2. The van der Waals surface area contributed by atoms with Crippen LogP contribution in [0.2, 0.25) is 5.15 Å². The van der Waals surface area contributed by atoms with Gasteiger partial charge in [0.1, 0.15) is 0 Å². The highest BCUT2D eigenvalue weighted by Gasteiger charge is 2.25. The van der Waals surface area contributed by atoms with Gasteiger partial charge in [0.15, 0.2) is 15.1 Å². The van der Waals surface area contributed by atoms with Crippen LogP contribution in [0, 0.1) is 0 Å². The quantitative estimate of drug-likeness (QED) is 0.484. The molecule has 0 unspecified atom stereocenters. The smallest absolute Gasteiger partial charge is 0.281 e. The van der Waals surface area contributed by atoms with Gasteiger partial charge in [-0.3, -0.25) is 9.12 Å². The number of rotatable bonds is 6. The molecule has 29 heavy (non-hydrogen) atoms. The number of hydrogen-bond donors (Lipinski definition) is 1. The first-order valence-corrected chi connectivity index (χ1v) is 12.2. The number of imidazole rings is 1. The molecule has 1 fully saturated rings. The van der Waals surface area contributed by atoms with Crippen LogP contribution >= 0.6 is 22.9 Å². The monoisotopic (exact) mass is 449 g/mol. The van der Waals surface area contributed by atoms with Gasteiger partial charge in [-0.15, -0.1) is 11.3 Å². The molecule has 1 N–H and O–H groups in total. The molecule has 5 rings (SSSR count). The molecule has 0 radical (unpaired) electrons. The molecular formula is C19H20ClN5O2S2. The van der Waals surface area contributed by atoms with Crippen molar-refractivity contribution in [2.45, 2.75) is 24.4 Å². The molecule has 0 bridgehead atoms. The second kappa shape index (κ2) is 7.32. The summed E-state index contributed by atoms with van der Waals surface area (Å²) in [4.78, 5) is 7.13. The molecule has 4 aromatic rings. The van der Waals surface area contributed by atoms with Crippen LogP contribution in [0.3, 0.4) is 0 Å². The highest BCUT2D eigenvalue weighted by atomic mass is 35.5. The van der Waals surface area contributed by atoms with Crippen LogP contribution in [0.1, 0.15) is 12.8 Å². The number of benzene rings is 1. The zero-order valence-electron chi connectivity index (χ0n) is 15.6. The molecule has 1 aliphatic rings. The number of nitrogens with zero attached hydrogens (tertiary/aromatic N) is 4. The van der Waals surface area contributed by atoms with Crippen molar-refractivity contribution in [3.05, 3.63) is 47.2 Å². The highest BCUT2D eigenvalue weighted by Crippen LogP contribution is 2.28. The number of aromatic nitrogens is 3. The maximum absolute atomic E-state index is 12.9. The van der Waals surface area contributed by atoms with Crippen molar-refractivity contribution < 1.29 is 8.42 Å². The summed E-state index contributed by atoms with van der Waals surface area (Å²) in [5.74, 6) is 0. The third-order valence-corrected chi connectivity index (χ3v) is 7.85. The Morgan fingerprint density at radius 1 is 1.14 bits per heavy atom. The number of halogens is 1. The standard InChI is InChI=1S/C19H20ClN5O2S2/c20-17-18(25-11-12-28-19(25)21-17)29(26,27)22-15-3-4-16-14(13-15)5-8-24(16)10-9-23-6-1-2-7-23/h3-5,8,11-13,22H,1-2,6-7,9-10H2. The van der Waals surface area contributed by atoms with Crippen LogP contribution in [0.5, 0.6) is 0 Å². The summed E-state index contributed by atoms with van der Waals surface area (Å²) in [6.07, 6.45) is 6.28. The Labute approximate surface area is 177 Å². The normalized spacial score (nSPS) is 15.6. The zero-order valence-corrected chi connectivity index (χ0v) is 18.0. The lowest BCUT2D eigenvalue weighted by Crippen LogP contribution is -2.23. The first kappa shape index (κ1) is 18.9. The van der Waals surface area contributed by atoms with Crippen LogP contribution in [0.15, 0.2) is 47.1 Å². The van der Waals surface area contributed by atoms with Gasteiger partial charge in [-0.25, -0.2) is 4.98 Å². The van der Waals surface area contributed by atoms with Crippen molar-refractivity contribution in [3.63, 3.8) is 0 Å². The molecule has 7 nitrogen and oxygen atoms in total. The fourth-order valence-corrected chi connectivity index (χ4v) is 6.40. The van der Waals surface area contributed by atoms with E-state index in [0.717, 1.165) is 24.0 Å². The third-order valence-electron chi connectivity index (χ3n) is 5.31. The van der Waals surface area contributed by atoms with E-state index in [1.54, 1.807) is 17.6 Å². The number of fused-ring (bicyclic) bond motifs is 2. The predicted octanol–water partition coefficient (Wildman–Crippen LogP) is 3.90. The van der Waals surface area contributed by atoms with Gasteiger partial charge < -0.3 is 9.47 Å². The molecule has 0 amide bonds. The average Bonchev–Trinajstić information content (AvgIpc) is 3.43. The molecule has 1 saturated heterocycles. The van der Waals surface area contributed by atoms with Gasteiger partial charge in [-0.2, -0.15) is 8.42 Å². The van der Waals surface area contributed by atoms with Gasteiger partial charge in [0.25, 0.3) is 10.0 Å². The fraction of sp³-hybridized carbons (Fsp3) is 0.316. The molecule has 1 aliphatic heterocycles. The zero-order chi connectivity index (χ0) is 20.0. The molecule has 3 aromatic heterocycles. The average molecular weight is 450 g/mol. The Morgan fingerprint density at radius 2 is 1.97 bits per heavy atom. The summed E-state index contributed by atoms with van der Waals surface area (Å²) in [6, 6.07) is 7.60. The Kier molecular flexibility index (Phi) is 4.78. The maximum Gasteiger partial charge on any atom is 0.281 e. The lowest BCUT2D eigenvalue weighted by Gasteiger charge is -2.15. The topological polar surface area (TPSA) is 71.6 Å². The van der Waals surface area contributed by atoms with E-state index in [4.69, 9.17) is 11.6 Å². The highest BCUT2D eigenvalue weighted by molar-refractivity contribution is 7.92. The Balaban J connectivity index is 1.39. The summed E-state index contributed by atoms with van der Waals surface area (Å²) in [6.45, 7) is 4.32. The number of likely N-dealkylation sites (tertiary alicyclic amines) is 1. The van der Waals surface area contributed by atoms with Crippen molar-refractivity contribution in [3.8, 4) is 0 Å². The Bertz CT molecular complexity index is 1280. The van der Waals surface area contributed by atoms with Crippen LogP contribution in [0.25, 0.3) is 15.9 Å². The maximum atomic E-state index is 12.9. The minimum atomic E-state index is -3.87. The Hall–Kier alpha value is -2.07. The molecule has 1 aromatic carbocycles. The van der Waals surface area contributed by atoms with E-state index in [9.17, 15) is 8.42 Å². The lowest BCUT2D eigenvalue weighted by molar-refractivity contribution is 0.324. The van der Waals surface area contributed by atoms with Gasteiger partial charge in [0.2, 0.25) is 0 Å². The van der Waals surface area contributed by atoms with Gasteiger partial charge in [-0.1, -0.05) is 11.6 Å². The molecule has 4 heterocycles. The van der Waals surface area contributed by atoms with Crippen molar-refractivity contribution in [1.82, 2.24) is 18.9 Å². The van der Waals surface area contributed by atoms with Crippen LogP contribution in [-0.2, 0) is 16.6 Å². The van der Waals surface area contributed by atoms with E-state index in [0.29, 0.717) is 10.6 Å². The number of thiazole rings is 1. The fourth-order valence-electron chi connectivity index (χ4n) is 3.90. The minimum Gasteiger partial charge on any atom is -0.346 e. The van der Waals surface area contributed by atoms with E-state index in [2.05, 4.69) is 25.4 Å². The van der Waals surface area contributed by atoms with Crippen LogP contribution in [-0.4, -0.2) is 46.9 Å². The van der Waals surface area contributed by atoms with E-state index < -0.39 is 10.0 Å². The van der Waals surface area contributed by atoms with Crippen molar-refractivity contribution in [1.29, 1.82) is 0 Å². The third kappa shape index (κ3) is 3.52. The molecule has 0 atom stereocenters. The second-order valence-electron chi connectivity index (χ2n) is 7.20. The lowest BCUT2D eigenvalue weighted by atomic mass is 10.2. The number of nitrogens with one attached hydrogen (secondary N) is 1. The molecular weight excluding hydrogens is 430 g/mol. The molecule has 0 spiro atoms. The molecule has 0 saturated carbocycles. The largest absolute Gasteiger partial charge is 0.346 e. The summed E-state index contributed by atoms with van der Waals surface area (Å²) in [5.41, 5.74) is 1.59. The SMILES string of the molecule is O=S(=O)(Nc1ccc2c(ccn2CCN2CCCC2)c1)c1c(Cl)nc2sccn12. The number of hydrogen-bond acceptors (Lipinski definition) is 5. The van der Waals surface area contributed by atoms with Crippen LogP contribution in [0.4, 0.5) is 5.69 Å². The van der Waals surface area contributed by atoms with Crippen molar-refractivity contribution >= 4 is 54.5 Å². The summed E-state index contributed by atoms with van der Waals surface area (Å²) in [7, 11) is -3.87. The molecule has 152 valence electrons. The van der Waals surface area contributed by atoms with Gasteiger partial charge in [-0.05, 0) is 50.2 Å². The second-order valence-corrected chi connectivity index (χ2v) is 10.0. The van der Waals surface area contributed by atoms with Crippen molar-refractivity contribution in [2.24, 2.45) is 0 Å². The number of sulfonamides is 1. The summed E-state index contributed by atoms with van der Waals surface area (Å²) in [5, 5.41) is 2.69. The number of anilines is 1. The van der Waals surface area contributed by atoms with E-state index >= 15 is 0 Å². The van der Waals surface area contributed by atoms with Gasteiger partial charge in [0.05, 0.1) is 0 Å². The van der Waals surface area contributed by atoms with Gasteiger partial charge >= 0.3 is 0 Å². The first-order valence-electron chi connectivity index (χ1n) is 9.46.